The molecule has 1 aliphatic heterocycles. The summed E-state index contributed by atoms with van der Waals surface area (Å²) < 4.78 is 0. The zero-order valence-corrected chi connectivity index (χ0v) is 12.8. The molecule has 3 rings (SSSR count). The van der Waals surface area contributed by atoms with Crippen molar-refractivity contribution in [2.45, 2.75) is 37.6 Å². The Morgan fingerprint density at radius 2 is 2.05 bits per heavy atom. The van der Waals surface area contributed by atoms with E-state index >= 15 is 0 Å². The predicted molar refractivity (Wildman–Crippen MR) is 79.9 cm³/mol. The highest BCUT2D eigenvalue weighted by molar-refractivity contribution is 6.28. The molecule has 22 heavy (non-hydrogen) atoms. The summed E-state index contributed by atoms with van der Waals surface area (Å²) in [6.07, 6.45) is 5.19. The van der Waals surface area contributed by atoms with Gasteiger partial charge in [-0.05, 0) is 30.5 Å². The summed E-state index contributed by atoms with van der Waals surface area (Å²) in [6, 6.07) is 1.71. The van der Waals surface area contributed by atoms with E-state index in [1.165, 1.54) is 0 Å². The maximum absolute atomic E-state index is 12.2. The van der Waals surface area contributed by atoms with Crippen LogP contribution in [0.1, 0.15) is 32.1 Å². The van der Waals surface area contributed by atoms with Crippen molar-refractivity contribution < 1.29 is 14.7 Å². The molecule has 1 aromatic rings. The molecule has 2 amide bonds. The van der Waals surface area contributed by atoms with Crippen LogP contribution in [0.2, 0.25) is 5.28 Å². The Balaban J connectivity index is 1.99. The Morgan fingerprint density at radius 1 is 1.32 bits per heavy atom. The van der Waals surface area contributed by atoms with Crippen LogP contribution < -0.4 is 4.90 Å². The molecule has 0 radical (unpaired) electrons. The van der Waals surface area contributed by atoms with Gasteiger partial charge in [0, 0.05) is 6.20 Å². The molecule has 2 fully saturated rings. The van der Waals surface area contributed by atoms with Crippen molar-refractivity contribution in [3.05, 3.63) is 17.5 Å². The second kappa shape index (κ2) is 5.72. The Labute approximate surface area is 132 Å². The number of carbonyl (C=O) groups excluding carboxylic acids is 1. The van der Waals surface area contributed by atoms with Gasteiger partial charge >= 0.3 is 6.09 Å². The molecule has 1 aliphatic carbocycles. The molecular formula is C14H17ClN4O3. The molecule has 8 heteroatoms. The Kier molecular flexibility index (Phi) is 3.90. The van der Waals surface area contributed by atoms with Crippen molar-refractivity contribution >= 4 is 29.4 Å². The van der Waals surface area contributed by atoms with Crippen LogP contribution in [0.5, 0.6) is 0 Å². The number of carboxylic acid groups (broad SMARTS) is 1. The molecular weight excluding hydrogens is 308 g/mol. The average molecular weight is 325 g/mol. The van der Waals surface area contributed by atoms with E-state index < -0.39 is 12.0 Å². The van der Waals surface area contributed by atoms with Crippen LogP contribution in [0.3, 0.4) is 0 Å². The van der Waals surface area contributed by atoms with Gasteiger partial charge in [-0.1, -0.05) is 19.3 Å². The number of hydrogen-bond donors (Lipinski definition) is 1. The summed E-state index contributed by atoms with van der Waals surface area (Å²) in [5.74, 6) is 0.152. The first kappa shape index (κ1) is 15.0. The lowest BCUT2D eigenvalue weighted by molar-refractivity contribution is -0.131. The standard InChI is InChI=1S/C14H17ClN4O3/c15-12-16-7-4-10(17-12)19-8-11(20)18(13(21)22)9-14(19)5-2-1-3-6-14/h4,7H,1-3,5-6,8-9H2,(H,21,22). The van der Waals surface area contributed by atoms with Crippen molar-refractivity contribution in [1.29, 1.82) is 0 Å². The number of aromatic nitrogens is 2. The van der Waals surface area contributed by atoms with E-state index in [9.17, 15) is 14.7 Å². The molecule has 0 atom stereocenters. The highest BCUT2D eigenvalue weighted by atomic mass is 35.5. The van der Waals surface area contributed by atoms with E-state index in [1.54, 1.807) is 12.3 Å². The molecule has 0 aromatic carbocycles. The van der Waals surface area contributed by atoms with Crippen molar-refractivity contribution in [1.82, 2.24) is 14.9 Å². The lowest BCUT2D eigenvalue weighted by atomic mass is 9.78. The van der Waals surface area contributed by atoms with E-state index in [2.05, 4.69) is 9.97 Å². The van der Waals surface area contributed by atoms with Gasteiger partial charge in [-0.25, -0.2) is 19.7 Å². The number of halogens is 1. The number of carbonyl (C=O) groups is 2. The van der Waals surface area contributed by atoms with Crippen LogP contribution in [-0.2, 0) is 4.79 Å². The maximum Gasteiger partial charge on any atom is 0.414 e. The van der Waals surface area contributed by atoms with Crippen LogP contribution in [0.25, 0.3) is 0 Å². The molecule has 2 aliphatic rings. The monoisotopic (exact) mass is 324 g/mol. The highest BCUT2D eigenvalue weighted by Gasteiger charge is 2.47. The molecule has 7 nitrogen and oxygen atoms in total. The fraction of sp³-hybridized carbons (Fsp3) is 0.571. The minimum absolute atomic E-state index is 0.000355. The van der Waals surface area contributed by atoms with Gasteiger partial charge < -0.3 is 10.0 Å². The van der Waals surface area contributed by atoms with Crippen molar-refractivity contribution in [2.75, 3.05) is 18.0 Å². The largest absolute Gasteiger partial charge is 0.465 e. The SMILES string of the molecule is O=C(O)N1CC2(CCCCC2)N(c2ccnc(Cl)n2)CC1=O. The third kappa shape index (κ3) is 2.61. The summed E-state index contributed by atoms with van der Waals surface area (Å²) >= 11 is 5.87. The van der Waals surface area contributed by atoms with E-state index in [4.69, 9.17) is 11.6 Å². The number of nitrogens with zero attached hydrogens (tertiary/aromatic N) is 4. The smallest absolute Gasteiger partial charge is 0.414 e. The minimum Gasteiger partial charge on any atom is -0.465 e. The van der Waals surface area contributed by atoms with Gasteiger partial charge in [0.25, 0.3) is 5.91 Å². The summed E-state index contributed by atoms with van der Waals surface area (Å²) in [5, 5.41) is 9.39. The van der Waals surface area contributed by atoms with Gasteiger partial charge in [-0.2, -0.15) is 0 Å². The molecule has 0 bridgehead atoms. The Bertz CT molecular complexity index is 604. The maximum atomic E-state index is 12.2. The number of hydrogen-bond acceptors (Lipinski definition) is 5. The van der Waals surface area contributed by atoms with Crippen LogP contribution in [0.15, 0.2) is 12.3 Å². The van der Waals surface area contributed by atoms with Gasteiger partial charge in [0.1, 0.15) is 5.82 Å². The van der Waals surface area contributed by atoms with Gasteiger partial charge in [-0.3, -0.25) is 4.79 Å². The van der Waals surface area contributed by atoms with Crippen LogP contribution in [-0.4, -0.2) is 50.6 Å². The van der Waals surface area contributed by atoms with Crippen LogP contribution in [0, 0.1) is 0 Å². The van der Waals surface area contributed by atoms with Gasteiger partial charge in [0.2, 0.25) is 5.28 Å². The van der Waals surface area contributed by atoms with E-state index in [1.807, 2.05) is 4.90 Å². The normalized spacial score (nSPS) is 21.2. The fourth-order valence-corrected chi connectivity index (χ4v) is 3.61. The summed E-state index contributed by atoms with van der Waals surface area (Å²) in [7, 11) is 0. The summed E-state index contributed by atoms with van der Waals surface area (Å²) in [4.78, 5) is 34.4. The molecule has 1 saturated heterocycles. The molecule has 1 spiro atoms. The third-order valence-electron chi connectivity index (χ3n) is 4.52. The van der Waals surface area contributed by atoms with E-state index in [0.717, 1.165) is 37.0 Å². The number of amides is 2. The number of anilines is 1. The second-order valence-electron chi connectivity index (χ2n) is 5.82. The lowest BCUT2D eigenvalue weighted by Crippen LogP contribution is -2.66. The topological polar surface area (TPSA) is 86.6 Å². The first-order chi connectivity index (χ1) is 10.5. The molecule has 1 N–H and O–H groups in total. The van der Waals surface area contributed by atoms with Crippen molar-refractivity contribution in [3.63, 3.8) is 0 Å². The average Bonchev–Trinajstić information content (AvgIpc) is 2.50. The number of imide groups is 1. The quantitative estimate of drug-likeness (QED) is 0.797. The molecule has 118 valence electrons. The van der Waals surface area contributed by atoms with Crippen LogP contribution in [0.4, 0.5) is 10.6 Å². The first-order valence-corrected chi connectivity index (χ1v) is 7.69. The van der Waals surface area contributed by atoms with Crippen molar-refractivity contribution in [3.8, 4) is 0 Å². The molecule has 0 unspecified atom stereocenters. The lowest BCUT2D eigenvalue weighted by Gasteiger charge is -2.51. The molecule has 1 aromatic heterocycles. The van der Waals surface area contributed by atoms with Crippen molar-refractivity contribution in [2.24, 2.45) is 0 Å². The molecule has 1 saturated carbocycles. The number of rotatable bonds is 1. The van der Waals surface area contributed by atoms with Gasteiger partial charge in [0.05, 0.1) is 18.6 Å². The van der Waals surface area contributed by atoms with Crippen LogP contribution >= 0.6 is 11.6 Å². The minimum atomic E-state index is -1.18. The highest BCUT2D eigenvalue weighted by Crippen LogP contribution is 2.39. The zero-order chi connectivity index (χ0) is 15.7. The predicted octanol–water partition coefficient (Wildman–Crippen LogP) is 2.16. The van der Waals surface area contributed by atoms with Gasteiger partial charge in [0.15, 0.2) is 0 Å². The zero-order valence-electron chi connectivity index (χ0n) is 12.0. The first-order valence-electron chi connectivity index (χ1n) is 7.31. The third-order valence-corrected chi connectivity index (χ3v) is 4.70. The molecule has 2 heterocycles. The van der Waals surface area contributed by atoms with E-state index in [0.29, 0.717) is 5.82 Å². The summed E-state index contributed by atoms with van der Waals surface area (Å²) in [6.45, 7) is 0.183. The summed E-state index contributed by atoms with van der Waals surface area (Å²) in [5.41, 5.74) is -0.387. The van der Waals surface area contributed by atoms with E-state index in [-0.39, 0.29) is 23.9 Å². The van der Waals surface area contributed by atoms with Gasteiger partial charge in [-0.15, -0.1) is 0 Å². The number of piperazine rings is 1. The second-order valence-corrected chi connectivity index (χ2v) is 6.16. The Hall–Kier alpha value is -1.89. The fourth-order valence-electron chi connectivity index (χ4n) is 3.47. The Morgan fingerprint density at radius 3 is 2.68 bits per heavy atom.